The van der Waals surface area contributed by atoms with Gasteiger partial charge in [-0.25, -0.2) is 17.6 Å². The van der Waals surface area contributed by atoms with Crippen molar-refractivity contribution < 1.29 is 31.9 Å². The predicted molar refractivity (Wildman–Crippen MR) is 154 cm³/mol. The molecule has 0 spiro atoms. The van der Waals surface area contributed by atoms with E-state index in [1.807, 2.05) is 0 Å². The van der Waals surface area contributed by atoms with Crippen molar-refractivity contribution in [2.45, 2.75) is 23.0 Å². The molecule has 0 aliphatic carbocycles. The summed E-state index contributed by atoms with van der Waals surface area (Å²) in [7, 11) is 0. The van der Waals surface area contributed by atoms with Gasteiger partial charge >= 0.3 is 5.97 Å². The van der Waals surface area contributed by atoms with Gasteiger partial charge in [0.2, 0.25) is 5.91 Å². The zero-order valence-corrected chi connectivity index (χ0v) is 23.7. The summed E-state index contributed by atoms with van der Waals surface area (Å²) in [6.07, 6.45) is -2.09. The Bertz CT molecular complexity index is 1710. The van der Waals surface area contributed by atoms with Crippen molar-refractivity contribution in [3.63, 3.8) is 0 Å². The summed E-state index contributed by atoms with van der Waals surface area (Å²) in [6.45, 7) is 0. The number of halogens is 6. The van der Waals surface area contributed by atoms with Crippen LogP contribution in [0.5, 0.6) is 0 Å². The molecule has 1 aliphatic rings. The van der Waals surface area contributed by atoms with E-state index in [1.54, 1.807) is 0 Å². The minimum Gasteiger partial charge on any atom is -0.452 e. The first kappa shape index (κ1) is 29.8. The van der Waals surface area contributed by atoms with E-state index < -0.39 is 58.2 Å². The Labute approximate surface area is 252 Å². The maximum Gasteiger partial charge on any atom is 0.308 e. The quantitative estimate of drug-likeness (QED) is 0.128. The molecule has 4 aromatic rings. The summed E-state index contributed by atoms with van der Waals surface area (Å²) < 4.78 is 63.9. The number of carbonyl (C=O) groups excluding carboxylic acids is 2. The lowest BCUT2D eigenvalue weighted by Crippen LogP contribution is -2.28. The van der Waals surface area contributed by atoms with E-state index in [9.17, 15) is 27.2 Å². The largest absolute Gasteiger partial charge is 0.452 e. The standard InChI is InChI=1S/C30H20Cl2F4N2O3S/c31-14-7-9-22(37)18(11-14)28(16-3-1-5-20(33)26(16)35)41-25(39)13-24-30(40)38-23-10-8-15(32)12-19(23)29(42-24)17-4-2-6-21(34)27(17)36/h1-12,24,28-29H,13,37H2,(H,38,40). The molecule has 1 heterocycles. The van der Waals surface area contributed by atoms with Crippen molar-refractivity contribution >= 4 is 58.2 Å². The number of thioether (sulfide) groups is 1. The van der Waals surface area contributed by atoms with E-state index in [4.69, 9.17) is 33.7 Å². The molecule has 3 atom stereocenters. The van der Waals surface area contributed by atoms with Gasteiger partial charge in [-0.3, -0.25) is 9.59 Å². The summed E-state index contributed by atoms with van der Waals surface area (Å²) in [5, 5.41) is 1.07. The van der Waals surface area contributed by atoms with Crippen molar-refractivity contribution in [3.05, 3.63) is 128 Å². The van der Waals surface area contributed by atoms with Crippen molar-refractivity contribution in [1.82, 2.24) is 0 Å². The fourth-order valence-corrected chi connectivity index (χ4v) is 6.38. The second kappa shape index (κ2) is 12.2. The van der Waals surface area contributed by atoms with Crippen LogP contribution in [0, 0.1) is 23.3 Å². The van der Waals surface area contributed by atoms with E-state index >= 15 is 0 Å². The Morgan fingerprint density at radius 2 is 1.55 bits per heavy atom. The lowest BCUT2D eigenvalue weighted by atomic mass is 9.99. The lowest BCUT2D eigenvalue weighted by Gasteiger charge is -2.23. The van der Waals surface area contributed by atoms with Crippen molar-refractivity contribution in [3.8, 4) is 0 Å². The number of fused-ring (bicyclic) bond motifs is 1. The summed E-state index contributed by atoms with van der Waals surface area (Å²) in [5.41, 5.74) is 6.58. The molecule has 5 rings (SSSR count). The summed E-state index contributed by atoms with van der Waals surface area (Å²) in [6, 6.07) is 15.8. The molecule has 0 fully saturated rings. The van der Waals surface area contributed by atoms with Gasteiger partial charge in [0.25, 0.3) is 0 Å². The molecule has 0 aromatic heterocycles. The van der Waals surface area contributed by atoms with Crippen LogP contribution in [0.1, 0.15) is 40.0 Å². The van der Waals surface area contributed by atoms with E-state index in [1.165, 1.54) is 60.7 Å². The lowest BCUT2D eigenvalue weighted by molar-refractivity contribution is -0.148. The highest BCUT2D eigenvalue weighted by atomic mass is 35.5. The van der Waals surface area contributed by atoms with Gasteiger partial charge < -0.3 is 15.8 Å². The number of nitrogen functional groups attached to an aromatic ring is 1. The molecule has 1 amide bonds. The number of nitrogens with two attached hydrogens (primary N) is 1. The summed E-state index contributed by atoms with van der Waals surface area (Å²) in [5.74, 6) is -6.23. The highest BCUT2D eigenvalue weighted by Crippen LogP contribution is 2.47. The molecular weight excluding hydrogens is 615 g/mol. The Morgan fingerprint density at radius 3 is 2.31 bits per heavy atom. The minimum absolute atomic E-state index is 0.0650. The second-order valence-electron chi connectivity index (χ2n) is 9.36. The molecule has 5 nitrogen and oxygen atoms in total. The van der Waals surface area contributed by atoms with E-state index in [0.717, 1.165) is 23.9 Å². The predicted octanol–water partition coefficient (Wildman–Crippen LogP) is 8.00. The number of hydrogen-bond donors (Lipinski definition) is 2. The number of carbonyl (C=O) groups is 2. The van der Waals surface area contributed by atoms with Crippen LogP contribution in [0.3, 0.4) is 0 Å². The number of ether oxygens (including phenoxy) is 1. The summed E-state index contributed by atoms with van der Waals surface area (Å²) in [4.78, 5) is 26.6. The Kier molecular flexibility index (Phi) is 8.68. The molecule has 3 unspecified atom stereocenters. The second-order valence-corrected chi connectivity index (χ2v) is 11.5. The van der Waals surface area contributed by atoms with E-state index in [0.29, 0.717) is 16.3 Å². The minimum atomic E-state index is -1.52. The number of anilines is 2. The molecule has 42 heavy (non-hydrogen) atoms. The molecule has 0 saturated heterocycles. The zero-order chi connectivity index (χ0) is 30.1. The van der Waals surface area contributed by atoms with Crippen molar-refractivity contribution in [2.75, 3.05) is 11.1 Å². The van der Waals surface area contributed by atoms with Gasteiger partial charge in [0.05, 0.1) is 16.9 Å². The van der Waals surface area contributed by atoms with Crippen LogP contribution in [0.15, 0.2) is 72.8 Å². The van der Waals surface area contributed by atoms with Crippen LogP contribution in [0.25, 0.3) is 0 Å². The Balaban J connectivity index is 1.49. The first-order valence-electron chi connectivity index (χ1n) is 12.4. The van der Waals surface area contributed by atoms with Crippen LogP contribution in [-0.2, 0) is 14.3 Å². The molecule has 0 bridgehead atoms. The fraction of sp³-hybridized carbons (Fsp3) is 0.133. The van der Waals surface area contributed by atoms with Gasteiger partial charge in [0.15, 0.2) is 29.4 Å². The maximum atomic E-state index is 15.0. The third-order valence-electron chi connectivity index (χ3n) is 6.61. The average molecular weight is 635 g/mol. The Morgan fingerprint density at radius 1 is 0.881 bits per heavy atom. The molecule has 0 radical (unpaired) electrons. The normalized spacial score (nSPS) is 17.1. The van der Waals surface area contributed by atoms with Gasteiger partial charge in [-0.1, -0.05) is 47.5 Å². The monoisotopic (exact) mass is 634 g/mol. The van der Waals surface area contributed by atoms with Crippen LogP contribution >= 0.6 is 35.0 Å². The summed E-state index contributed by atoms with van der Waals surface area (Å²) >= 11 is 13.2. The van der Waals surface area contributed by atoms with Crippen molar-refractivity contribution in [2.24, 2.45) is 0 Å². The smallest absolute Gasteiger partial charge is 0.308 e. The maximum absolute atomic E-state index is 15.0. The van der Waals surface area contributed by atoms with Gasteiger partial charge in [-0.15, -0.1) is 11.8 Å². The Hall–Kier alpha value is -3.73. The van der Waals surface area contributed by atoms with Crippen LogP contribution in [-0.4, -0.2) is 17.1 Å². The number of rotatable bonds is 6. The molecule has 0 saturated carbocycles. The molecule has 4 aromatic carbocycles. The van der Waals surface area contributed by atoms with Gasteiger partial charge in [-0.2, -0.15) is 0 Å². The molecular formula is C30H20Cl2F4N2O3S. The third-order valence-corrected chi connectivity index (χ3v) is 8.57. The highest BCUT2D eigenvalue weighted by Gasteiger charge is 2.36. The SMILES string of the molecule is Nc1ccc(Cl)cc1C(OC(=O)CC1SC(c2cccc(F)c2F)c2cc(Cl)ccc2NC1=O)c1cccc(F)c1F. The topological polar surface area (TPSA) is 81.4 Å². The van der Waals surface area contributed by atoms with E-state index in [2.05, 4.69) is 5.32 Å². The molecule has 12 heteroatoms. The van der Waals surface area contributed by atoms with Crippen LogP contribution in [0.2, 0.25) is 10.0 Å². The van der Waals surface area contributed by atoms with E-state index in [-0.39, 0.29) is 27.4 Å². The first-order valence-corrected chi connectivity index (χ1v) is 14.1. The van der Waals surface area contributed by atoms with Gasteiger partial charge in [0.1, 0.15) is 0 Å². The highest BCUT2D eigenvalue weighted by molar-refractivity contribution is 8.01. The van der Waals surface area contributed by atoms with Gasteiger partial charge in [0, 0.05) is 38.1 Å². The number of esters is 1. The molecule has 3 N–H and O–H groups in total. The number of nitrogens with one attached hydrogen (secondary N) is 1. The fourth-order valence-electron chi connectivity index (χ4n) is 4.60. The number of hydrogen-bond acceptors (Lipinski definition) is 5. The van der Waals surface area contributed by atoms with Gasteiger partial charge in [-0.05, 0) is 54.1 Å². The zero-order valence-electron chi connectivity index (χ0n) is 21.3. The average Bonchev–Trinajstić information content (AvgIpc) is 3.08. The number of benzene rings is 4. The van der Waals surface area contributed by atoms with Crippen LogP contribution < -0.4 is 11.1 Å². The van der Waals surface area contributed by atoms with Crippen LogP contribution in [0.4, 0.5) is 28.9 Å². The third kappa shape index (κ3) is 6.06. The number of amides is 1. The molecule has 216 valence electrons. The first-order chi connectivity index (χ1) is 20.0. The van der Waals surface area contributed by atoms with Crippen molar-refractivity contribution in [1.29, 1.82) is 0 Å². The molecule has 1 aliphatic heterocycles.